The van der Waals surface area contributed by atoms with Crippen LogP contribution < -0.4 is 16.4 Å². The highest BCUT2D eigenvalue weighted by atomic mass is 35.5. The molecule has 0 aliphatic carbocycles. The average molecular weight is 376 g/mol. The summed E-state index contributed by atoms with van der Waals surface area (Å²) in [6, 6.07) is 15.7. The Morgan fingerprint density at radius 3 is 2.08 bits per heavy atom. The van der Waals surface area contributed by atoms with Crippen molar-refractivity contribution in [1.82, 2.24) is 10.6 Å². The number of amides is 2. The molecule has 0 spiro atoms. The number of nitrogens with one attached hydrogen (secondary N) is 2. The van der Waals surface area contributed by atoms with Crippen molar-refractivity contribution < 1.29 is 9.59 Å². The third-order valence-corrected chi connectivity index (χ3v) is 3.92. The van der Waals surface area contributed by atoms with Gasteiger partial charge in [0, 0.05) is 18.7 Å². The highest BCUT2D eigenvalue weighted by Gasteiger charge is 2.06. The maximum absolute atomic E-state index is 11.8. The normalized spacial score (nSPS) is 9.88. The number of hydrogen-bond donors (Lipinski definition) is 3. The summed E-state index contributed by atoms with van der Waals surface area (Å²) in [4.78, 5) is 23.6. The van der Waals surface area contributed by atoms with Gasteiger partial charge >= 0.3 is 0 Å². The van der Waals surface area contributed by atoms with E-state index in [1.54, 1.807) is 0 Å². The lowest BCUT2D eigenvalue weighted by molar-refractivity contribution is -0.126. The van der Waals surface area contributed by atoms with Crippen LogP contribution in [-0.4, -0.2) is 24.9 Å². The van der Waals surface area contributed by atoms with Crippen LogP contribution in [0, 0.1) is 6.92 Å². The Hall–Kier alpha value is -2.53. The van der Waals surface area contributed by atoms with Crippen LogP contribution in [0.4, 0.5) is 5.69 Å². The monoisotopic (exact) mass is 375 g/mol. The lowest BCUT2D eigenvalue weighted by Gasteiger charge is -2.07. The second-order valence-corrected chi connectivity index (χ2v) is 6.10. The Morgan fingerprint density at radius 1 is 0.846 bits per heavy atom. The zero-order valence-corrected chi connectivity index (χ0v) is 15.8. The van der Waals surface area contributed by atoms with E-state index < -0.39 is 0 Å². The van der Waals surface area contributed by atoms with E-state index in [0.717, 1.165) is 23.2 Å². The molecule has 0 aliphatic heterocycles. The Morgan fingerprint density at radius 2 is 1.42 bits per heavy atom. The molecule has 5 nitrogen and oxygen atoms in total. The molecule has 140 valence electrons. The quantitative estimate of drug-likeness (QED) is 0.619. The molecule has 0 heterocycles. The molecule has 0 bridgehead atoms. The molecule has 6 heteroatoms. The van der Waals surface area contributed by atoms with Crippen LogP contribution in [-0.2, 0) is 22.4 Å². The minimum absolute atomic E-state index is 0. The van der Waals surface area contributed by atoms with Crippen molar-refractivity contribution in [2.75, 3.05) is 18.8 Å². The van der Waals surface area contributed by atoms with Gasteiger partial charge in [-0.25, -0.2) is 0 Å². The molecule has 0 atom stereocenters. The van der Waals surface area contributed by atoms with Gasteiger partial charge < -0.3 is 16.4 Å². The molecule has 0 unspecified atom stereocenters. The van der Waals surface area contributed by atoms with E-state index in [4.69, 9.17) is 5.73 Å². The van der Waals surface area contributed by atoms with E-state index in [1.165, 1.54) is 5.56 Å². The fourth-order valence-corrected chi connectivity index (χ4v) is 2.37. The van der Waals surface area contributed by atoms with Gasteiger partial charge in [0.2, 0.25) is 11.8 Å². The summed E-state index contributed by atoms with van der Waals surface area (Å²) < 4.78 is 0. The number of carbonyl (C=O) groups excluding carboxylic acids is 2. The smallest absolute Gasteiger partial charge is 0.239 e. The average Bonchev–Trinajstić information content (AvgIpc) is 2.61. The van der Waals surface area contributed by atoms with E-state index in [0.29, 0.717) is 19.4 Å². The molecule has 0 aliphatic rings. The molecule has 0 saturated heterocycles. The Kier molecular flexibility index (Phi) is 9.23. The van der Waals surface area contributed by atoms with Crippen molar-refractivity contribution in [1.29, 1.82) is 0 Å². The van der Waals surface area contributed by atoms with Gasteiger partial charge in [0.25, 0.3) is 0 Å². The first-order valence-corrected chi connectivity index (χ1v) is 8.46. The number of benzene rings is 2. The fourth-order valence-electron chi connectivity index (χ4n) is 2.37. The first-order chi connectivity index (χ1) is 12.0. The van der Waals surface area contributed by atoms with E-state index in [-0.39, 0.29) is 30.8 Å². The first kappa shape index (κ1) is 21.5. The number of nitrogen functional groups attached to an aromatic ring is 1. The summed E-state index contributed by atoms with van der Waals surface area (Å²) >= 11 is 0. The molecule has 26 heavy (non-hydrogen) atoms. The zero-order valence-electron chi connectivity index (χ0n) is 15.0. The third kappa shape index (κ3) is 8.03. The Balaban J connectivity index is 0.00000338. The SMILES string of the molecule is Cc1ccc(CCC(=O)NCC(=O)NCCc2ccc(N)cc2)cc1.Cl. The second-order valence-electron chi connectivity index (χ2n) is 6.10. The van der Waals surface area contributed by atoms with Gasteiger partial charge in [0.05, 0.1) is 6.54 Å². The maximum Gasteiger partial charge on any atom is 0.239 e. The van der Waals surface area contributed by atoms with Crippen LogP contribution in [0.5, 0.6) is 0 Å². The minimum Gasteiger partial charge on any atom is -0.399 e. The van der Waals surface area contributed by atoms with E-state index >= 15 is 0 Å². The first-order valence-electron chi connectivity index (χ1n) is 8.46. The number of carbonyl (C=O) groups is 2. The molecule has 0 radical (unpaired) electrons. The fraction of sp³-hybridized carbons (Fsp3) is 0.300. The molecule has 0 aromatic heterocycles. The van der Waals surface area contributed by atoms with Crippen molar-refractivity contribution in [2.24, 2.45) is 0 Å². The van der Waals surface area contributed by atoms with Crippen molar-refractivity contribution in [3.8, 4) is 0 Å². The van der Waals surface area contributed by atoms with Crippen molar-refractivity contribution in [3.05, 3.63) is 65.2 Å². The molecule has 0 saturated carbocycles. The molecule has 2 rings (SSSR count). The van der Waals surface area contributed by atoms with Crippen molar-refractivity contribution in [2.45, 2.75) is 26.2 Å². The minimum atomic E-state index is -0.181. The van der Waals surface area contributed by atoms with Crippen LogP contribution in [0.3, 0.4) is 0 Å². The molecule has 2 aromatic carbocycles. The van der Waals surface area contributed by atoms with Gasteiger partial charge in [-0.15, -0.1) is 12.4 Å². The van der Waals surface area contributed by atoms with Gasteiger partial charge in [-0.05, 0) is 43.0 Å². The lowest BCUT2D eigenvalue weighted by Crippen LogP contribution is -2.37. The summed E-state index contributed by atoms with van der Waals surface area (Å²) in [5, 5.41) is 5.45. The zero-order chi connectivity index (χ0) is 18.1. The van der Waals surface area contributed by atoms with Gasteiger partial charge in [-0.1, -0.05) is 42.0 Å². The topological polar surface area (TPSA) is 84.2 Å². The van der Waals surface area contributed by atoms with E-state index in [1.807, 2.05) is 55.5 Å². The predicted octanol–water partition coefficient (Wildman–Crippen LogP) is 2.41. The second kappa shape index (κ2) is 11.2. The van der Waals surface area contributed by atoms with Gasteiger partial charge in [-0.3, -0.25) is 9.59 Å². The number of aryl methyl sites for hydroxylation is 2. The van der Waals surface area contributed by atoms with Gasteiger partial charge in [0.1, 0.15) is 0 Å². The largest absolute Gasteiger partial charge is 0.399 e. The Bertz CT molecular complexity index is 700. The number of halogens is 1. The van der Waals surface area contributed by atoms with E-state index in [9.17, 15) is 9.59 Å². The van der Waals surface area contributed by atoms with Gasteiger partial charge in [0.15, 0.2) is 0 Å². The van der Waals surface area contributed by atoms with Crippen molar-refractivity contribution >= 4 is 29.9 Å². The van der Waals surface area contributed by atoms with Crippen LogP contribution in [0.2, 0.25) is 0 Å². The molecule has 2 aromatic rings. The number of hydrogen-bond acceptors (Lipinski definition) is 3. The number of nitrogens with two attached hydrogens (primary N) is 1. The maximum atomic E-state index is 11.8. The Labute approximate surface area is 160 Å². The van der Waals surface area contributed by atoms with Crippen LogP contribution in [0.15, 0.2) is 48.5 Å². The summed E-state index contributed by atoms with van der Waals surface area (Å²) in [6.07, 6.45) is 1.78. The predicted molar refractivity (Wildman–Crippen MR) is 107 cm³/mol. The third-order valence-electron chi connectivity index (χ3n) is 3.92. The summed E-state index contributed by atoms with van der Waals surface area (Å²) in [5.41, 5.74) is 9.78. The van der Waals surface area contributed by atoms with Gasteiger partial charge in [-0.2, -0.15) is 0 Å². The highest BCUT2D eigenvalue weighted by molar-refractivity contribution is 5.85. The van der Waals surface area contributed by atoms with E-state index in [2.05, 4.69) is 10.6 Å². The molecular weight excluding hydrogens is 350 g/mol. The summed E-state index contributed by atoms with van der Waals surface area (Å²) in [5.74, 6) is -0.298. The summed E-state index contributed by atoms with van der Waals surface area (Å²) in [7, 11) is 0. The molecular formula is C20H26ClN3O2. The summed E-state index contributed by atoms with van der Waals surface area (Å²) in [6.45, 7) is 2.57. The molecule has 4 N–H and O–H groups in total. The number of rotatable bonds is 8. The lowest BCUT2D eigenvalue weighted by atomic mass is 10.1. The van der Waals surface area contributed by atoms with Crippen LogP contribution in [0.25, 0.3) is 0 Å². The highest BCUT2D eigenvalue weighted by Crippen LogP contribution is 2.06. The van der Waals surface area contributed by atoms with Crippen LogP contribution in [0.1, 0.15) is 23.1 Å². The molecule has 2 amide bonds. The molecule has 0 fully saturated rings. The van der Waals surface area contributed by atoms with Crippen LogP contribution >= 0.6 is 12.4 Å². The number of anilines is 1. The standard InChI is InChI=1S/C20H25N3O2.ClH/c1-15-2-4-16(5-3-15)8-11-19(24)23-14-20(25)22-13-12-17-6-9-18(21)10-7-17;/h2-7,9-10H,8,11-14,21H2,1H3,(H,22,25)(H,23,24);1H. The van der Waals surface area contributed by atoms with Crippen molar-refractivity contribution in [3.63, 3.8) is 0 Å².